The van der Waals surface area contributed by atoms with E-state index < -0.39 is 0 Å². The molecule has 0 atom stereocenters. The molecule has 1 aromatic rings. The van der Waals surface area contributed by atoms with E-state index in [9.17, 15) is 20.1 Å². The summed E-state index contributed by atoms with van der Waals surface area (Å²) >= 11 is 0. The van der Waals surface area contributed by atoms with Crippen LogP contribution in [0.1, 0.15) is 62.0 Å². The summed E-state index contributed by atoms with van der Waals surface area (Å²) in [5, 5.41) is 31.5. The van der Waals surface area contributed by atoms with Gasteiger partial charge in [-0.1, -0.05) is 25.0 Å². The highest BCUT2D eigenvalue weighted by atomic mass is 16.3. The summed E-state index contributed by atoms with van der Waals surface area (Å²) in [6, 6.07) is 0. The van der Waals surface area contributed by atoms with Crippen LogP contribution in [0.2, 0.25) is 0 Å². The van der Waals surface area contributed by atoms with Gasteiger partial charge in [-0.25, -0.2) is 0 Å². The summed E-state index contributed by atoms with van der Waals surface area (Å²) in [5.41, 5.74) is 2.29. The van der Waals surface area contributed by atoms with Gasteiger partial charge in [-0.15, -0.1) is 13.2 Å². The van der Waals surface area contributed by atoms with Crippen molar-refractivity contribution in [3.63, 3.8) is 0 Å². The fraction of sp³-hybridized carbons (Fsp3) is 0.450. The number of hydrogen-bond donors (Lipinski definition) is 3. The molecule has 0 amide bonds. The largest absolute Gasteiger partial charge is 0.507 e. The van der Waals surface area contributed by atoms with Crippen molar-refractivity contribution in [2.45, 2.75) is 53.4 Å². The van der Waals surface area contributed by atoms with Crippen molar-refractivity contribution in [2.24, 2.45) is 5.92 Å². The molecule has 1 aromatic carbocycles. The highest BCUT2D eigenvalue weighted by Crippen LogP contribution is 2.44. The molecule has 0 aliphatic rings. The Kier molecular flexibility index (Phi) is 6.64. The Morgan fingerprint density at radius 2 is 1.25 bits per heavy atom. The molecule has 4 nitrogen and oxygen atoms in total. The minimum Gasteiger partial charge on any atom is -0.507 e. The van der Waals surface area contributed by atoms with Crippen molar-refractivity contribution < 1.29 is 20.1 Å². The van der Waals surface area contributed by atoms with E-state index in [0.29, 0.717) is 25.7 Å². The van der Waals surface area contributed by atoms with Crippen LogP contribution >= 0.6 is 0 Å². The molecule has 0 aliphatic carbocycles. The minimum atomic E-state index is -0.380. The first-order valence-corrected chi connectivity index (χ1v) is 8.19. The van der Waals surface area contributed by atoms with Crippen molar-refractivity contribution in [3.8, 4) is 17.2 Å². The lowest BCUT2D eigenvalue weighted by Crippen LogP contribution is -2.11. The molecule has 4 heteroatoms. The molecular weight excluding hydrogens is 304 g/mol. The molecule has 1 rings (SSSR count). The SMILES string of the molecule is C=C(C)CCc1c(O)c(CCC(=C)C)c(O)c(C(=O)C(C)C)c1O. The number of aromatic hydroxyl groups is 3. The first-order valence-electron chi connectivity index (χ1n) is 8.19. The third-order valence-electron chi connectivity index (χ3n) is 3.99. The topological polar surface area (TPSA) is 77.8 Å². The van der Waals surface area contributed by atoms with Crippen LogP contribution in [-0.2, 0) is 12.8 Å². The van der Waals surface area contributed by atoms with Gasteiger partial charge in [0.25, 0.3) is 0 Å². The Bertz CT molecular complexity index is 624. The van der Waals surface area contributed by atoms with Crippen molar-refractivity contribution in [2.75, 3.05) is 0 Å². The molecule has 0 radical (unpaired) electrons. The fourth-order valence-corrected chi connectivity index (χ4v) is 2.49. The normalized spacial score (nSPS) is 10.9. The second kappa shape index (κ2) is 8.04. The van der Waals surface area contributed by atoms with E-state index in [-0.39, 0.29) is 45.6 Å². The quantitative estimate of drug-likeness (QED) is 0.478. The molecule has 0 unspecified atom stereocenters. The van der Waals surface area contributed by atoms with Gasteiger partial charge in [0.05, 0.1) is 0 Å². The van der Waals surface area contributed by atoms with Gasteiger partial charge in [-0.2, -0.15) is 0 Å². The smallest absolute Gasteiger partial charge is 0.172 e. The van der Waals surface area contributed by atoms with Crippen molar-refractivity contribution in [3.05, 3.63) is 41.0 Å². The molecule has 0 spiro atoms. The summed E-state index contributed by atoms with van der Waals surface area (Å²) < 4.78 is 0. The van der Waals surface area contributed by atoms with E-state index in [2.05, 4.69) is 13.2 Å². The predicted molar refractivity (Wildman–Crippen MR) is 96.9 cm³/mol. The molecule has 0 aromatic heterocycles. The number of carbonyl (C=O) groups excluding carboxylic acids is 1. The van der Waals surface area contributed by atoms with E-state index >= 15 is 0 Å². The number of rotatable bonds is 8. The van der Waals surface area contributed by atoms with Crippen LogP contribution in [0.25, 0.3) is 0 Å². The van der Waals surface area contributed by atoms with Crippen molar-refractivity contribution in [1.82, 2.24) is 0 Å². The summed E-state index contributed by atoms with van der Waals surface area (Å²) in [5.74, 6) is -1.53. The van der Waals surface area contributed by atoms with E-state index in [1.54, 1.807) is 13.8 Å². The monoisotopic (exact) mass is 332 g/mol. The summed E-state index contributed by atoms with van der Waals surface area (Å²) in [7, 11) is 0. The van der Waals surface area contributed by atoms with Crippen LogP contribution in [0.4, 0.5) is 0 Å². The molecule has 3 N–H and O–H groups in total. The number of Topliss-reactive ketones (excluding diaryl/α,β-unsaturated/α-hetero) is 1. The zero-order chi connectivity index (χ0) is 18.6. The first-order chi connectivity index (χ1) is 11.1. The molecule has 24 heavy (non-hydrogen) atoms. The number of carbonyl (C=O) groups is 1. The molecular formula is C20H28O4. The maximum absolute atomic E-state index is 12.4. The Morgan fingerprint density at radius 1 is 0.875 bits per heavy atom. The third kappa shape index (κ3) is 4.40. The Labute approximate surface area is 144 Å². The van der Waals surface area contributed by atoms with Crippen LogP contribution in [0.5, 0.6) is 17.2 Å². The second-order valence-corrected chi connectivity index (χ2v) is 6.81. The average molecular weight is 332 g/mol. The van der Waals surface area contributed by atoms with Crippen LogP contribution in [-0.4, -0.2) is 21.1 Å². The van der Waals surface area contributed by atoms with Crippen LogP contribution < -0.4 is 0 Å². The average Bonchev–Trinajstić information content (AvgIpc) is 2.45. The number of hydrogen-bond acceptors (Lipinski definition) is 4. The van der Waals surface area contributed by atoms with Crippen LogP contribution in [0.15, 0.2) is 24.3 Å². The predicted octanol–water partition coefficient (Wildman–Crippen LogP) is 4.66. The van der Waals surface area contributed by atoms with Gasteiger partial charge < -0.3 is 15.3 Å². The highest BCUT2D eigenvalue weighted by Gasteiger charge is 2.28. The zero-order valence-corrected chi connectivity index (χ0v) is 15.1. The number of benzene rings is 1. The lowest BCUT2D eigenvalue weighted by molar-refractivity contribution is 0.0933. The van der Waals surface area contributed by atoms with Gasteiger partial charge >= 0.3 is 0 Å². The van der Waals surface area contributed by atoms with E-state index in [1.165, 1.54) is 0 Å². The Balaban J connectivity index is 3.54. The number of phenolic OH excluding ortho intramolecular Hbond substituents is 3. The lowest BCUT2D eigenvalue weighted by atomic mass is 9.89. The number of allylic oxidation sites excluding steroid dienone is 2. The number of phenols is 3. The fourth-order valence-electron chi connectivity index (χ4n) is 2.49. The van der Waals surface area contributed by atoms with E-state index in [1.807, 2.05) is 13.8 Å². The third-order valence-corrected chi connectivity index (χ3v) is 3.99. The molecule has 0 heterocycles. The molecule has 0 saturated carbocycles. The maximum atomic E-state index is 12.4. The first kappa shape index (κ1) is 19.8. The molecule has 0 bridgehead atoms. The van der Waals surface area contributed by atoms with Gasteiger partial charge in [-0.05, 0) is 39.5 Å². The summed E-state index contributed by atoms with van der Waals surface area (Å²) in [4.78, 5) is 12.4. The lowest BCUT2D eigenvalue weighted by Gasteiger charge is -2.19. The molecule has 132 valence electrons. The van der Waals surface area contributed by atoms with Crippen molar-refractivity contribution in [1.29, 1.82) is 0 Å². The maximum Gasteiger partial charge on any atom is 0.172 e. The second-order valence-electron chi connectivity index (χ2n) is 6.81. The molecule has 0 saturated heterocycles. The zero-order valence-electron chi connectivity index (χ0n) is 15.1. The number of ketones is 1. The van der Waals surface area contributed by atoms with Gasteiger partial charge in [0.2, 0.25) is 0 Å². The van der Waals surface area contributed by atoms with Gasteiger partial charge in [0.1, 0.15) is 22.8 Å². The van der Waals surface area contributed by atoms with Crippen LogP contribution in [0, 0.1) is 5.92 Å². The minimum absolute atomic E-state index is 0.101. The molecule has 0 aliphatic heterocycles. The van der Waals surface area contributed by atoms with Crippen LogP contribution in [0.3, 0.4) is 0 Å². The van der Waals surface area contributed by atoms with E-state index in [0.717, 1.165) is 11.1 Å². The highest BCUT2D eigenvalue weighted by molar-refractivity contribution is 6.03. The Morgan fingerprint density at radius 3 is 1.54 bits per heavy atom. The van der Waals surface area contributed by atoms with Gasteiger partial charge in [0, 0.05) is 17.0 Å². The van der Waals surface area contributed by atoms with Gasteiger partial charge in [0.15, 0.2) is 5.78 Å². The Hall–Kier alpha value is -2.23. The van der Waals surface area contributed by atoms with E-state index in [4.69, 9.17) is 0 Å². The van der Waals surface area contributed by atoms with Crippen molar-refractivity contribution >= 4 is 5.78 Å². The standard InChI is InChI=1S/C20H28O4/c1-11(2)7-9-14-18(22)15(10-8-12(3)4)20(24)16(19(14)23)17(21)13(5)6/h13,22-24H,1,3,7-10H2,2,4-6H3. The summed E-state index contributed by atoms with van der Waals surface area (Å²) in [6.45, 7) is 14.8. The summed E-state index contributed by atoms with van der Waals surface area (Å²) in [6.07, 6.45) is 1.85. The van der Waals surface area contributed by atoms with Gasteiger partial charge in [-0.3, -0.25) is 4.79 Å². The molecule has 0 fully saturated rings.